The van der Waals surface area contributed by atoms with Crippen LogP contribution in [0.4, 0.5) is 5.69 Å². The molecule has 0 saturated carbocycles. The zero-order chi connectivity index (χ0) is 15.8. The number of nitrogens with zero attached hydrogens (tertiary/aromatic N) is 1. The molecule has 0 aliphatic carbocycles. The van der Waals surface area contributed by atoms with Crippen LogP contribution in [0.5, 0.6) is 0 Å². The molecule has 2 N–H and O–H groups in total. The lowest BCUT2D eigenvalue weighted by Gasteiger charge is -2.23. The number of rotatable bonds is 7. The van der Waals surface area contributed by atoms with E-state index in [9.17, 15) is 9.59 Å². The first-order chi connectivity index (χ1) is 9.93. The van der Waals surface area contributed by atoms with Crippen LogP contribution in [0.2, 0.25) is 0 Å². The average molecular weight is 356 g/mol. The number of anilines is 1. The summed E-state index contributed by atoms with van der Waals surface area (Å²) < 4.78 is 0.957. The van der Waals surface area contributed by atoms with Crippen molar-refractivity contribution in [1.82, 2.24) is 10.2 Å². The molecule has 2 amide bonds. The summed E-state index contributed by atoms with van der Waals surface area (Å²) in [6.45, 7) is 4.64. The summed E-state index contributed by atoms with van der Waals surface area (Å²) in [6.07, 6.45) is 0.898. The van der Waals surface area contributed by atoms with Gasteiger partial charge in [-0.3, -0.25) is 14.5 Å². The predicted molar refractivity (Wildman–Crippen MR) is 88.2 cm³/mol. The fraction of sp³-hybridized carbons (Fsp3) is 0.467. The lowest BCUT2D eigenvalue weighted by molar-refractivity contribution is -0.124. The highest BCUT2D eigenvalue weighted by Crippen LogP contribution is 2.14. The molecule has 0 radical (unpaired) electrons. The molecule has 0 heterocycles. The number of amides is 2. The summed E-state index contributed by atoms with van der Waals surface area (Å²) in [4.78, 5) is 25.5. The molecule has 1 aromatic rings. The Morgan fingerprint density at radius 2 is 1.90 bits per heavy atom. The summed E-state index contributed by atoms with van der Waals surface area (Å²) in [5.74, 6) is -0.203. The van der Waals surface area contributed by atoms with Crippen molar-refractivity contribution in [2.24, 2.45) is 0 Å². The fourth-order valence-corrected chi connectivity index (χ4v) is 1.93. The summed E-state index contributed by atoms with van der Waals surface area (Å²) in [5, 5.41) is 5.63. The minimum Gasteiger partial charge on any atom is -0.355 e. The van der Waals surface area contributed by atoms with Crippen LogP contribution in [-0.4, -0.2) is 42.9 Å². The molecule has 0 aromatic heterocycles. The number of carbonyl (C=O) groups excluding carboxylic acids is 2. The van der Waals surface area contributed by atoms with Crippen molar-refractivity contribution in [3.8, 4) is 0 Å². The van der Waals surface area contributed by atoms with Gasteiger partial charge in [-0.15, -0.1) is 0 Å². The smallest absolute Gasteiger partial charge is 0.241 e. The van der Waals surface area contributed by atoms with Gasteiger partial charge in [-0.25, -0.2) is 0 Å². The number of likely N-dealkylation sites (N-methyl/N-ethyl adjacent to an activating group) is 1. The monoisotopic (exact) mass is 355 g/mol. The highest BCUT2D eigenvalue weighted by atomic mass is 79.9. The lowest BCUT2D eigenvalue weighted by Crippen LogP contribution is -2.44. The molecule has 5 nitrogen and oxygen atoms in total. The second kappa shape index (κ2) is 8.79. The van der Waals surface area contributed by atoms with Crippen molar-refractivity contribution in [1.29, 1.82) is 0 Å². The van der Waals surface area contributed by atoms with Gasteiger partial charge in [0.15, 0.2) is 0 Å². The molecular formula is C15H22BrN3O2. The summed E-state index contributed by atoms with van der Waals surface area (Å²) in [7, 11) is 1.76. The molecule has 0 fully saturated rings. The molecule has 1 atom stereocenters. The Kier molecular flexibility index (Phi) is 7.39. The number of nitrogens with one attached hydrogen (secondary N) is 2. The Bertz CT molecular complexity index is 476. The molecule has 116 valence electrons. The Morgan fingerprint density at radius 1 is 1.29 bits per heavy atom. The van der Waals surface area contributed by atoms with Crippen LogP contribution in [0, 0.1) is 0 Å². The topological polar surface area (TPSA) is 61.4 Å². The van der Waals surface area contributed by atoms with E-state index in [2.05, 4.69) is 26.6 Å². The van der Waals surface area contributed by atoms with Crippen LogP contribution in [0.15, 0.2) is 28.7 Å². The second-order valence-electron chi connectivity index (χ2n) is 4.94. The molecule has 21 heavy (non-hydrogen) atoms. The first-order valence-electron chi connectivity index (χ1n) is 6.97. The van der Waals surface area contributed by atoms with Crippen LogP contribution in [0.1, 0.15) is 20.3 Å². The molecule has 0 bridgehead atoms. The van der Waals surface area contributed by atoms with E-state index in [1.165, 1.54) is 0 Å². The normalized spacial score (nSPS) is 12.0. The maximum Gasteiger partial charge on any atom is 0.241 e. The van der Waals surface area contributed by atoms with E-state index in [1.54, 1.807) is 18.9 Å². The largest absolute Gasteiger partial charge is 0.355 e. The van der Waals surface area contributed by atoms with E-state index < -0.39 is 0 Å². The zero-order valence-electron chi connectivity index (χ0n) is 12.6. The van der Waals surface area contributed by atoms with Gasteiger partial charge in [-0.2, -0.15) is 0 Å². The van der Waals surface area contributed by atoms with E-state index in [4.69, 9.17) is 0 Å². The van der Waals surface area contributed by atoms with E-state index in [1.807, 2.05) is 31.2 Å². The van der Waals surface area contributed by atoms with Gasteiger partial charge in [-0.05, 0) is 44.7 Å². The lowest BCUT2D eigenvalue weighted by atomic mass is 10.2. The zero-order valence-corrected chi connectivity index (χ0v) is 14.2. The third kappa shape index (κ3) is 6.27. The van der Waals surface area contributed by atoms with Crippen LogP contribution in [0.25, 0.3) is 0 Å². The second-order valence-corrected chi connectivity index (χ2v) is 5.85. The van der Waals surface area contributed by atoms with E-state index >= 15 is 0 Å². The van der Waals surface area contributed by atoms with E-state index in [-0.39, 0.29) is 24.4 Å². The molecule has 1 rings (SSSR count). The maximum atomic E-state index is 12.1. The Morgan fingerprint density at radius 3 is 2.48 bits per heavy atom. The minimum atomic E-state index is -0.388. The standard InChI is InChI=1S/C15H22BrN3O2/c1-4-9-17-14(20)10-19(3)11(2)15(21)18-13-7-5-12(16)6-8-13/h5-8,11H,4,9-10H2,1-3H3,(H,17,20)(H,18,21). The van der Waals surface area contributed by atoms with Gasteiger partial charge in [0.2, 0.25) is 11.8 Å². The molecule has 0 aliphatic heterocycles. The van der Waals surface area contributed by atoms with E-state index in [0.717, 1.165) is 16.6 Å². The number of benzene rings is 1. The van der Waals surface area contributed by atoms with Crippen LogP contribution < -0.4 is 10.6 Å². The molecule has 0 saturated heterocycles. The third-order valence-electron chi connectivity index (χ3n) is 3.12. The fourth-order valence-electron chi connectivity index (χ4n) is 1.66. The van der Waals surface area contributed by atoms with Crippen molar-refractivity contribution in [2.75, 3.05) is 25.5 Å². The van der Waals surface area contributed by atoms with Gasteiger partial charge >= 0.3 is 0 Å². The predicted octanol–water partition coefficient (Wildman–Crippen LogP) is 2.23. The van der Waals surface area contributed by atoms with Gasteiger partial charge in [0.25, 0.3) is 0 Å². The Balaban J connectivity index is 2.49. The Hall–Kier alpha value is -1.40. The molecule has 1 unspecified atom stereocenters. The molecule has 0 spiro atoms. The highest BCUT2D eigenvalue weighted by Gasteiger charge is 2.19. The van der Waals surface area contributed by atoms with Crippen LogP contribution in [0.3, 0.4) is 0 Å². The van der Waals surface area contributed by atoms with Crippen LogP contribution in [-0.2, 0) is 9.59 Å². The van der Waals surface area contributed by atoms with Crippen molar-refractivity contribution >= 4 is 33.4 Å². The van der Waals surface area contributed by atoms with Gasteiger partial charge < -0.3 is 10.6 Å². The van der Waals surface area contributed by atoms with Crippen molar-refractivity contribution in [2.45, 2.75) is 26.3 Å². The average Bonchev–Trinajstić information content (AvgIpc) is 2.46. The number of carbonyl (C=O) groups is 2. The van der Waals surface area contributed by atoms with Crippen molar-refractivity contribution in [3.63, 3.8) is 0 Å². The first-order valence-corrected chi connectivity index (χ1v) is 7.76. The molecule has 0 aliphatic rings. The van der Waals surface area contributed by atoms with Gasteiger partial charge in [0.05, 0.1) is 12.6 Å². The minimum absolute atomic E-state index is 0.0670. The number of hydrogen-bond donors (Lipinski definition) is 2. The van der Waals surface area contributed by atoms with E-state index in [0.29, 0.717) is 6.54 Å². The SMILES string of the molecule is CCCNC(=O)CN(C)C(C)C(=O)Nc1ccc(Br)cc1. The number of halogens is 1. The number of hydrogen-bond acceptors (Lipinski definition) is 3. The highest BCUT2D eigenvalue weighted by molar-refractivity contribution is 9.10. The maximum absolute atomic E-state index is 12.1. The van der Waals surface area contributed by atoms with Crippen LogP contribution >= 0.6 is 15.9 Å². The quantitative estimate of drug-likeness (QED) is 0.788. The first kappa shape index (κ1) is 17.7. The Labute approximate surface area is 134 Å². The summed E-state index contributed by atoms with van der Waals surface area (Å²) in [5.41, 5.74) is 0.735. The summed E-state index contributed by atoms with van der Waals surface area (Å²) in [6, 6.07) is 6.98. The third-order valence-corrected chi connectivity index (χ3v) is 3.65. The van der Waals surface area contributed by atoms with Crippen molar-refractivity contribution < 1.29 is 9.59 Å². The summed E-state index contributed by atoms with van der Waals surface area (Å²) >= 11 is 3.35. The van der Waals surface area contributed by atoms with Crippen molar-refractivity contribution in [3.05, 3.63) is 28.7 Å². The molecule has 6 heteroatoms. The molecular weight excluding hydrogens is 334 g/mol. The molecule has 1 aromatic carbocycles. The van der Waals surface area contributed by atoms with Gasteiger partial charge in [-0.1, -0.05) is 22.9 Å². The van der Waals surface area contributed by atoms with Gasteiger partial charge in [0, 0.05) is 16.7 Å². The van der Waals surface area contributed by atoms with Gasteiger partial charge in [0.1, 0.15) is 0 Å².